The van der Waals surface area contributed by atoms with Crippen LogP contribution in [0.2, 0.25) is 0 Å². The summed E-state index contributed by atoms with van der Waals surface area (Å²) in [6.07, 6.45) is 2.91. The number of aliphatic hydroxyl groups excluding tert-OH is 1. The van der Waals surface area contributed by atoms with Gasteiger partial charge in [-0.15, -0.1) is 0 Å². The summed E-state index contributed by atoms with van der Waals surface area (Å²) in [4.78, 5) is 7.80. The van der Waals surface area contributed by atoms with Gasteiger partial charge in [-0.05, 0) is 18.6 Å². The number of aryl methyl sites for hydroxylation is 1. The number of benzene rings is 1. The van der Waals surface area contributed by atoms with Gasteiger partial charge in [-0.3, -0.25) is 0 Å². The van der Waals surface area contributed by atoms with Crippen molar-refractivity contribution in [2.75, 3.05) is 0 Å². The molecule has 0 bridgehead atoms. The number of nitrogens with zero attached hydrogens (tertiary/aromatic N) is 2. The normalized spacial score (nSPS) is 10.3. The fourth-order valence-corrected chi connectivity index (χ4v) is 1.26. The number of aliphatic hydroxyl groups is 1. The smallest absolute Gasteiger partial charge is 0.321 e. The molecule has 0 amide bonds. The largest absolute Gasteiger partial charge is 0.424 e. The molecule has 88 valence electrons. The third-order valence-corrected chi connectivity index (χ3v) is 2.22. The van der Waals surface area contributed by atoms with Crippen LogP contribution in [0, 0.1) is 12.7 Å². The molecule has 0 saturated carbocycles. The lowest BCUT2D eigenvalue weighted by atomic mass is 10.2. The molecule has 1 aromatic carbocycles. The molecule has 0 aliphatic heterocycles. The Morgan fingerprint density at radius 1 is 1.29 bits per heavy atom. The maximum absolute atomic E-state index is 13.0. The topological polar surface area (TPSA) is 55.2 Å². The van der Waals surface area contributed by atoms with Crippen molar-refractivity contribution in [1.29, 1.82) is 0 Å². The van der Waals surface area contributed by atoms with Crippen molar-refractivity contribution >= 4 is 0 Å². The van der Waals surface area contributed by atoms with Gasteiger partial charge in [0, 0.05) is 24.0 Å². The maximum Gasteiger partial charge on any atom is 0.321 e. The minimum atomic E-state index is -0.377. The number of rotatable bonds is 3. The molecule has 5 heteroatoms. The highest BCUT2D eigenvalue weighted by atomic mass is 19.1. The molecule has 0 unspecified atom stereocenters. The summed E-state index contributed by atoms with van der Waals surface area (Å²) in [5, 5.41) is 8.83. The first kappa shape index (κ1) is 11.5. The second-order valence-corrected chi connectivity index (χ2v) is 3.54. The Hall–Kier alpha value is -2.01. The Balaban J connectivity index is 2.22. The summed E-state index contributed by atoms with van der Waals surface area (Å²) in [7, 11) is 0. The average Bonchev–Trinajstić information content (AvgIpc) is 2.35. The van der Waals surface area contributed by atoms with E-state index in [1.54, 1.807) is 13.0 Å². The Labute approximate surface area is 97.7 Å². The SMILES string of the molecule is Cc1ccc(F)cc1Oc1ncc(CO)cn1. The molecule has 2 aromatic rings. The molecular weight excluding hydrogens is 223 g/mol. The monoisotopic (exact) mass is 234 g/mol. The first-order valence-corrected chi connectivity index (χ1v) is 5.05. The molecule has 0 atom stereocenters. The van der Waals surface area contributed by atoms with Crippen LogP contribution >= 0.6 is 0 Å². The summed E-state index contributed by atoms with van der Waals surface area (Å²) < 4.78 is 18.4. The third kappa shape index (κ3) is 2.76. The van der Waals surface area contributed by atoms with E-state index in [0.29, 0.717) is 11.3 Å². The van der Waals surface area contributed by atoms with Crippen molar-refractivity contribution < 1.29 is 14.2 Å². The van der Waals surface area contributed by atoms with Crippen LogP contribution in [0.1, 0.15) is 11.1 Å². The molecule has 1 aromatic heterocycles. The molecule has 0 spiro atoms. The Morgan fingerprint density at radius 3 is 2.65 bits per heavy atom. The van der Waals surface area contributed by atoms with Gasteiger partial charge in [0.1, 0.15) is 11.6 Å². The first-order valence-electron chi connectivity index (χ1n) is 5.05. The summed E-state index contributed by atoms with van der Waals surface area (Å²) in [5.74, 6) is -0.000623. The molecule has 0 fully saturated rings. The van der Waals surface area contributed by atoms with Gasteiger partial charge in [0.15, 0.2) is 0 Å². The zero-order chi connectivity index (χ0) is 12.3. The van der Waals surface area contributed by atoms with Crippen LogP contribution in [0.15, 0.2) is 30.6 Å². The summed E-state index contributed by atoms with van der Waals surface area (Å²) in [6.45, 7) is 1.68. The van der Waals surface area contributed by atoms with E-state index in [9.17, 15) is 4.39 Å². The van der Waals surface area contributed by atoms with Gasteiger partial charge in [0.2, 0.25) is 0 Å². The van der Waals surface area contributed by atoms with Crippen molar-refractivity contribution in [1.82, 2.24) is 9.97 Å². The molecule has 1 heterocycles. The minimum absolute atomic E-state index is 0.121. The molecule has 0 saturated heterocycles. The molecular formula is C12H11FN2O2. The van der Waals surface area contributed by atoms with Crippen molar-refractivity contribution in [2.24, 2.45) is 0 Å². The van der Waals surface area contributed by atoms with Crippen LogP contribution in [-0.4, -0.2) is 15.1 Å². The van der Waals surface area contributed by atoms with Crippen LogP contribution in [0.3, 0.4) is 0 Å². The Bertz CT molecular complexity index is 514. The Kier molecular flexibility index (Phi) is 3.30. The predicted molar refractivity (Wildman–Crippen MR) is 59.2 cm³/mol. The van der Waals surface area contributed by atoms with Gasteiger partial charge in [-0.25, -0.2) is 14.4 Å². The van der Waals surface area contributed by atoms with E-state index in [4.69, 9.17) is 9.84 Å². The third-order valence-electron chi connectivity index (χ3n) is 2.22. The van der Waals surface area contributed by atoms with Gasteiger partial charge in [-0.2, -0.15) is 0 Å². The summed E-state index contributed by atoms with van der Waals surface area (Å²) >= 11 is 0. The molecule has 0 aliphatic rings. The molecule has 0 aliphatic carbocycles. The van der Waals surface area contributed by atoms with E-state index in [1.165, 1.54) is 24.5 Å². The van der Waals surface area contributed by atoms with Crippen molar-refractivity contribution in [3.05, 3.63) is 47.5 Å². The molecule has 4 nitrogen and oxygen atoms in total. The number of ether oxygens (including phenoxy) is 1. The quantitative estimate of drug-likeness (QED) is 0.884. The number of aromatic nitrogens is 2. The van der Waals surface area contributed by atoms with Crippen LogP contribution in [-0.2, 0) is 6.61 Å². The lowest BCUT2D eigenvalue weighted by molar-refractivity contribution is 0.280. The van der Waals surface area contributed by atoms with Gasteiger partial charge in [-0.1, -0.05) is 6.07 Å². The van der Waals surface area contributed by atoms with Crippen molar-refractivity contribution in [3.63, 3.8) is 0 Å². The van der Waals surface area contributed by atoms with Crippen molar-refractivity contribution in [3.8, 4) is 11.8 Å². The predicted octanol–water partition coefficient (Wildman–Crippen LogP) is 2.21. The first-order chi connectivity index (χ1) is 8.19. The zero-order valence-electron chi connectivity index (χ0n) is 9.22. The van der Waals surface area contributed by atoms with Crippen LogP contribution in [0.4, 0.5) is 4.39 Å². The number of hydrogen-bond donors (Lipinski definition) is 1. The van der Waals surface area contributed by atoms with Gasteiger partial charge in [0.25, 0.3) is 0 Å². The van der Waals surface area contributed by atoms with E-state index >= 15 is 0 Å². The van der Waals surface area contributed by atoms with E-state index < -0.39 is 0 Å². The van der Waals surface area contributed by atoms with E-state index in [0.717, 1.165) is 5.56 Å². The minimum Gasteiger partial charge on any atom is -0.424 e. The fraction of sp³-hybridized carbons (Fsp3) is 0.167. The Morgan fingerprint density at radius 2 is 2.00 bits per heavy atom. The molecule has 1 N–H and O–H groups in total. The lowest BCUT2D eigenvalue weighted by Gasteiger charge is -2.06. The van der Waals surface area contributed by atoms with Gasteiger partial charge < -0.3 is 9.84 Å². The molecule has 2 rings (SSSR count). The zero-order valence-corrected chi connectivity index (χ0v) is 9.22. The summed E-state index contributed by atoms with van der Waals surface area (Å²) in [5.41, 5.74) is 1.38. The van der Waals surface area contributed by atoms with E-state index in [2.05, 4.69) is 9.97 Å². The average molecular weight is 234 g/mol. The molecule has 0 radical (unpaired) electrons. The number of hydrogen-bond acceptors (Lipinski definition) is 4. The molecule has 17 heavy (non-hydrogen) atoms. The van der Waals surface area contributed by atoms with Gasteiger partial charge >= 0.3 is 6.01 Å². The van der Waals surface area contributed by atoms with Crippen LogP contribution in [0.5, 0.6) is 11.8 Å². The highest BCUT2D eigenvalue weighted by Crippen LogP contribution is 2.23. The maximum atomic E-state index is 13.0. The fourth-order valence-electron chi connectivity index (χ4n) is 1.26. The van der Waals surface area contributed by atoms with Crippen molar-refractivity contribution in [2.45, 2.75) is 13.5 Å². The highest BCUT2D eigenvalue weighted by molar-refractivity contribution is 5.34. The second kappa shape index (κ2) is 4.88. The van der Waals surface area contributed by atoms with E-state index in [-0.39, 0.29) is 18.4 Å². The van der Waals surface area contributed by atoms with Crippen LogP contribution < -0.4 is 4.74 Å². The second-order valence-electron chi connectivity index (χ2n) is 3.54. The summed E-state index contributed by atoms with van der Waals surface area (Å²) in [6, 6.07) is 4.37. The number of halogens is 1. The van der Waals surface area contributed by atoms with Crippen LogP contribution in [0.25, 0.3) is 0 Å². The highest BCUT2D eigenvalue weighted by Gasteiger charge is 2.05. The lowest BCUT2D eigenvalue weighted by Crippen LogP contribution is -1.95. The van der Waals surface area contributed by atoms with E-state index in [1.807, 2.05) is 0 Å². The van der Waals surface area contributed by atoms with Gasteiger partial charge in [0.05, 0.1) is 6.61 Å². The standard InChI is InChI=1S/C12H11FN2O2/c1-8-2-3-10(13)4-11(8)17-12-14-5-9(7-16)6-15-12/h2-6,16H,7H2,1H3.